The summed E-state index contributed by atoms with van der Waals surface area (Å²) < 4.78 is 5.73. The summed E-state index contributed by atoms with van der Waals surface area (Å²) in [7, 11) is 0. The van der Waals surface area contributed by atoms with Crippen molar-refractivity contribution in [1.29, 1.82) is 5.26 Å². The maximum absolute atomic E-state index is 11.3. The van der Waals surface area contributed by atoms with E-state index in [-0.39, 0.29) is 16.3 Å². The minimum absolute atomic E-state index is 0.157. The number of aromatic amines is 1. The standard InChI is InChI=1S/C21H13ClN4O3/c1-12-2-6-17-18(8-12)25-21(24-17)13(11-23)9-15-4-7-20(29-15)16-5-3-14(22)10-19(16)26(27)28/h2-10H,1H3,(H,24,25)/b13-9-. The molecule has 2 heterocycles. The topological polar surface area (TPSA) is 109 Å². The summed E-state index contributed by atoms with van der Waals surface area (Å²) in [6.45, 7) is 1.97. The highest BCUT2D eigenvalue weighted by molar-refractivity contribution is 6.30. The van der Waals surface area contributed by atoms with E-state index in [2.05, 4.69) is 16.0 Å². The van der Waals surface area contributed by atoms with E-state index in [0.29, 0.717) is 22.9 Å². The van der Waals surface area contributed by atoms with Gasteiger partial charge in [-0.1, -0.05) is 17.7 Å². The number of aromatic nitrogens is 2. The Morgan fingerprint density at radius 1 is 1.28 bits per heavy atom. The van der Waals surface area contributed by atoms with Crippen LogP contribution in [0.4, 0.5) is 5.69 Å². The monoisotopic (exact) mass is 404 g/mol. The third kappa shape index (κ3) is 3.61. The van der Waals surface area contributed by atoms with Crippen molar-refractivity contribution in [3.8, 4) is 17.4 Å². The molecule has 7 nitrogen and oxygen atoms in total. The molecule has 2 aromatic carbocycles. The minimum Gasteiger partial charge on any atom is -0.456 e. The molecule has 29 heavy (non-hydrogen) atoms. The Balaban J connectivity index is 1.72. The summed E-state index contributed by atoms with van der Waals surface area (Å²) in [5.41, 5.74) is 3.09. The van der Waals surface area contributed by atoms with Crippen molar-refractivity contribution in [3.63, 3.8) is 0 Å². The first-order valence-corrected chi connectivity index (χ1v) is 8.95. The first-order valence-electron chi connectivity index (χ1n) is 8.57. The number of furan rings is 1. The number of nitro benzene ring substituents is 1. The first kappa shape index (κ1) is 18.5. The zero-order valence-electron chi connectivity index (χ0n) is 15.1. The number of hydrogen-bond donors (Lipinski definition) is 1. The van der Waals surface area contributed by atoms with Crippen molar-refractivity contribution in [2.75, 3.05) is 0 Å². The molecule has 0 saturated carbocycles. The molecule has 0 fully saturated rings. The average molecular weight is 405 g/mol. The first-order chi connectivity index (χ1) is 13.9. The van der Waals surface area contributed by atoms with Gasteiger partial charge in [-0.2, -0.15) is 5.26 Å². The largest absolute Gasteiger partial charge is 0.456 e. The van der Waals surface area contributed by atoms with E-state index in [4.69, 9.17) is 16.0 Å². The van der Waals surface area contributed by atoms with Crippen molar-refractivity contribution in [2.45, 2.75) is 6.92 Å². The van der Waals surface area contributed by atoms with Crippen LogP contribution in [0.2, 0.25) is 5.02 Å². The Hall–Kier alpha value is -3.89. The molecule has 0 bridgehead atoms. The number of nitrogens with zero attached hydrogens (tertiary/aromatic N) is 3. The van der Waals surface area contributed by atoms with Crippen LogP contribution in [0, 0.1) is 28.4 Å². The zero-order chi connectivity index (χ0) is 20.5. The molecular formula is C21H13ClN4O3. The molecule has 0 spiro atoms. The fraction of sp³-hybridized carbons (Fsp3) is 0.0476. The Bertz CT molecular complexity index is 1330. The molecule has 4 rings (SSSR count). The molecule has 142 valence electrons. The van der Waals surface area contributed by atoms with Crippen LogP contribution < -0.4 is 0 Å². The summed E-state index contributed by atoms with van der Waals surface area (Å²) in [6, 6.07) is 15.5. The number of aryl methyl sites for hydroxylation is 1. The van der Waals surface area contributed by atoms with E-state index in [1.165, 1.54) is 18.2 Å². The molecule has 4 aromatic rings. The molecule has 0 radical (unpaired) electrons. The van der Waals surface area contributed by atoms with E-state index < -0.39 is 4.92 Å². The Morgan fingerprint density at radius 3 is 2.86 bits per heavy atom. The van der Waals surface area contributed by atoms with Gasteiger partial charge in [-0.25, -0.2) is 4.98 Å². The molecule has 0 amide bonds. The van der Waals surface area contributed by atoms with Crippen molar-refractivity contribution in [2.24, 2.45) is 0 Å². The van der Waals surface area contributed by atoms with Crippen molar-refractivity contribution < 1.29 is 9.34 Å². The quantitative estimate of drug-likeness (QED) is 0.264. The number of halogens is 1. The predicted octanol–water partition coefficient (Wildman–Crippen LogP) is 5.76. The van der Waals surface area contributed by atoms with Crippen molar-refractivity contribution >= 4 is 40.0 Å². The molecule has 0 aliphatic heterocycles. The Kier molecular flexibility index (Phi) is 4.63. The van der Waals surface area contributed by atoms with Gasteiger partial charge < -0.3 is 9.40 Å². The second kappa shape index (κ2) is 7.26. The number of allylic oxidation sites excluding steroid dienone is 1. The lowest BCUT2D eigenvalue weighted by Gasteiger charge is -2.00. The predicted molar refractivity (Wildman–Crippen MR) is 110 cm³/mol. The number of nitriles is 1. The van der Waals surface area contributed by atoms with Crippen LogP contribution in [0.1, 0.15) is 17.1 Å². The van der Waals surface area contributed by atoms with Crippen LogP contribution >= 0.6 is 11.6 Å². The molecular weight excluding hydrogens is 392 g/mol. The average Bonchev–Trinajstić information content (AvgIpc) is 3.32. The van der Waals surface area contributed by atoms with Gasteiger partial charge in [-0.05, 0) is 48.9 Å². The number of H-pyrrole nitrogens is 1. The van der Waals surface area contributed by atoms with Crippen LogP contribution in [-0.2, 0) is 0 Å². The molecule has 2 aromatic heterocycles. The summed E-state index contributed by atoms with van der Waals surface area (Å²) in [4.78, 5) is 18.4. The Labute approximate surface area is 170 Å². The number of rotatable bonds is 4. The SMILES string of the molecule is Cc1ccc2nc(/C(C#N)=C\c3ccc(-c4ccc(Cl)cc4[N+](=O)[O-])o3)[nH]c2c1. The maximum atomic E-state index is 11.3. The highest BCUT2D eigenvalue weighted by Crippen LogP contribution is 2.34. The third-order valence-electron chi connectivity index (χ3n) is 4.35. The second-order valence-electron chi connectivity index (χ2n) is 6.40. The van der Waals surface area contributed by atoms with Crippen LogP contribution in [0.25, 0.3) is 34.0 Å². The molecule has 0 aliphatic rings. The van der Waals surface area contributed by atoms with Gasteiger partial charge in [0.1, 0.15) is 23.4 Å². The summed E-state index contributed by atoms with van der Waals surface area (Å²) in [5, 5.41) is 21.1. The fourth-order valence-electron chi connectivity index (χ4n) is 2.99. The highest BCUT2D eigenvalue weighted by atomic mass is 35.5. The van der Waals surface area contributed by atoms with Gasteiger partial charge in [0.2, 0.25) is 0 Å². The number of nitrogens with one attached hydrogen (secondary N) is 1. The van der Waals surface area contributed by atoms with Crippen molar-refractivity contribution in [1.82, 2.24) is 9.97 Å². The number of hydrogen-bond acceptors (Lipinski definition) is 5. The number of nitro groups is 1. The number of benzene rings is 2. The number of fused-ring (bicyclic) bond motifs is 1. The van der Waals surface area contributed by atoms with E-state index in [9.17, 15) is 15.4 Å². The van der Waals surface area contributed by atoms with Crippen LogP contribution in [0.3, 0.4) is 0 Å². The molecule has 0 saturated heterocycles. The molecule has 8 heteroatoms. The highest BCUT2D eigenvalue weighted by Gasteiger charge is 2.19. The zero-order valence-corrected chi connectivity index (χ0v) is 15.9. The maximum Gasteiger partial charge on any atom is 0.281 e. The summed E-state index contributed by atoms with van der Waals surface area (Å²) >= 11 is 5.86. The minimum atomic E-state index is -0.518. The van der Waals surface area contributed by atoms with Gasteiger partial charge in [0.25, 0.3) is 5.69 Å². The number of imidazole rings is 1. The fourth-order valence-corrected chi connectivity index (χ4v) is 3.15. The van der Waals surface area contributed by atoms with Gasteiger partial charge in [0, 0.05) is 17.2 Å². The van der Waals surface area contributed by atoms with Gasteiger partial charge in [0.05, 0.1) is 27.1 Å². The van der Waals surface area contributed by atoms with Gasteiger partial charge >= 0.3 is 0 Å². The summed E-state index contributed by atoms with van der Waals surface area (Å²) in [6.07, 6.45) is 1.54. The van der Waals surface area contributed by atoms with Gasteiger partial charge in [0.15, 0.2) is 0 Å². The molecule has 0 atom stereocenters. The van der Waals surface area contributed by atoms with Crippen LogP contribution in [-0.4, -0.2) is 14.9 Å². The van der Waals surface area contributed by atoms with E-state index in [0.717, 1.165) is 16.6 Å². The molecule has 0 unspecified atom stereocenters. The third-order valence-corrected chi connectivity index (χ3v) is 4.58. The second-order valence-corrected chi connectivity index (χ2v) is 6.83. The van der Waals surface area contributed by atoms with E-state index in [1.54, 1.807) is 18.2 Å². The van der Waals surface area contributed by atoms with Crippen LogP contribution in [0.15, 0.2) is 52.9 Å². The lowest BCUT2D eigenvalue weighted by molar-refractivity contribution is -0.384. The lowest BCUT2D eigenvalue weighted by atomic mass is 10.1. The van der Waals surface area contributed by atoms with Gasteiger partial charge in [-0.15, -0.1) is 0 Å². The smallest absolute Gasteiger partial charge is 0.281 e. The van der Waals surface area contributed by atoms with Gasteiger partial charge in [-0.3, -0.25) is 10.1 Å². The Morgan fingerprint density at radius 2 is 2.10 bits per heavy atom. The lowest BCUT2D eigenvalue weighted by Crippen LogP contribution is -1.91. The normalized spacial score (nSPS) is 11.6. The van der Waals surface area contributed by atoms with E-state index in [1.807, 2.05) is 25.1 Å². The van der Waals surface area contributed by atoms with E-state index >= 15 is 0 Å². The summed E-state index contributed by atoms with van der Waals surface area (Å²) in [5.74, 6) is 1.10. The molecule has 1 N–H and O–H groups in total. The molecule has 0 aliphatic carbocycles. The van der Waals surface area contributed by atoms with Crippen LogP contribution in [0.5, 0.6) is 0 Å². The van der Waals surface area contributed by atoms with Crippen molar-refractivity contribution in [3.05, 3.63) is 80.8 Å².